The summed E-state index contributed by atoms with van der Waals surface area (Å²) < 4.78 is 37.7. The molecule has 0 saturated carbocycles. The Balaban J connectivity index is 2.91. The van der Waals surface area contributed by atoms with Crippen LogP contribution in [0.25, 0.3) is 0 Å². The first-order valence-electron chi connectivity index (χ1n) is 7.35. The lowest BCUT2D eigenvalue weighted by molar-refractivity contribution is -0.150. The summed E-state index contributed by atoms with van der Waals surface area (Å²) in [6, 6.07) is 4.49. The Morgan fingerprint density at radius 2 is 1.67 bits per heavy atom. The second-order valence-electron chi connectivity index (χ2n) is 5.82. The Labute approximate surface area is 138 Å². The molecule has 0 bridgehead atoms. The van der Waals surface area contributed by atoms with E-state index in [1.54, 1.807) is 14.1 Å². The molecule has 0 aliphatic heterocycles. The van der Waals surface area contributed by atoms with Crippen molar-refractivity contribution < 1.29 is 27.9 Å². The average Bonchev–Trinajstić information content (AvgIpc) is 2.49. The number of carboxylic acids is 1. The fourth-order valence-corrected chi connectivity index (χ4v) is 1.99. The molecule has 0 spiro atoms. The van der Waals surface area contributed by atoms with Crippen molar-refractivity contribution >= 4 is 11.9 Å². The Bertz CT molecular complexity index is 571. The van der Waals surface area contributed by atoms with Gasteiger partial charge in [-0.2, -0.15) is 13.2 Å². The van der Waals surface area contributed by atoms with Gasteiger partial charge in [0.05, 0.1) is 5.56 Å². The van der Waals surface area contributed by atoms with Crippen molar-refractivity contribution in [1.82, 2.24) is 9.80 Å². The number of aliphatic carboxylic acids is 1. The fourth-order valence-electron chi connectivity index (χ4n) is 1.99. The summed E-state index contributed by atoms with van der Waals surface area (Å²) in [6.45, 7) is 2.14. The zero-order valence-corrected chi connectivity index (χ0v) is 13.8. The SMILES string of the molecule is CC(C(=O)O)C(=O)N(CCN(C)C)Cc1ccc(C(F)(F)F)cc1. The van der Waals surface area contributed by atoms with Crippen LogP contribution >= 0.6 is 0 Å². The molecule has 134 valence electrons. The van der Waals surface area contributed by atoms with E-state index in [-0.39, 0.29) is 13.1 Å². The molecule has 1 atom stereocenters. The van der Waals surface area contributed by atoms with Crippen molar-refractivity contribution in [3.63, 3.8) is 0 Å². The highest BCUT2D eigenvalue weighted by atomic mass is 19.4. The van der Waals surface area contributed by atoms with E-state index in [2.05, 4.69) is 0 Å². The van der Waals surface area contributed by atoms with Gasteiger partial charge in [-0.3, -0.25) is 9.59 Å². The number of hydrogen-bond acceptors (Lipinski definition) is 3. The van der Waals surface area contributed by atoms with Gasteiger partial charge in [0.1, 0.15) is 5.92 Å². The zero-order chi connectivity index (χ0) is 18.5. The molecule has 0 radical (unpaired) electrons. The highest BCUT2D eigenvalue weighted by Crippen LogP contribution is 2.29. The number of carbonyl (C=O) groups excluding carboxylic acids is 1. The number of halogens is 3. The molecule has 0 fully saturated rings. The van der Waals surface area contributed by atoms with Crippen LogP contribution in [0, 0.1) is 5.92 Å². The van der Waals surface area contributed by atoms with Crippen LogP contribution in [0.4, 0.5) is 13.2 Å². The first-order valence-corrected chi connectivity index (χ1v) is 7.35. The molecule has 0 aromatic heterocycles. The van der Waals surface area contributed by atoms with Gasteiger partial charge < -0.3 is 14.9 Å². The number of alkyl halides is 3. The Morgan fingerprint density at radius 3 is 2.08 bits per heavy atom. The Hall–Kier alpha value is -2.09. The largest absolute Gasteiger partial charge is 0.481 e. The van der Waals surface area contributed by atoms with E-state index in [0.717, 1.165) is 12.1 Å². The maximum absolute atomic E-state index is 12.6. The van der Waals surface area contributed by atoms with Crippen molar-refractivity contribution in [2.75, 3.05) is 27.2 Å². The van der Waals surface area contributed by atoms with Crippen molar-refractivity contribution in [3.05, 3.63) is 35.4 Å². The molecular weight excluding hydrogens is 325 g/mol. The minimum atomic E-state index is -4.42. The smallest absolute Gasteiger partial charge is 0.416 e. The van der Waals surface area contributed by atoms with E-state index in [1.807, 2.05) is 4.90 Å². The third kappa shape index (κ3) is 5.84. The topological polar surface area (TPSA) is 60.9 Å². The molecule has 1 N–H and O–H groups in total. The number of hydrogen-bond donors (Lipinski definition) is 1. The fraction of sp³-hybridized carbons (Fsp3) is 0.500. The van der Waals surface area contributed by atoms with Gasteiger partial charge in [0.25, 0.3) is 0 Å². The Morgan fingerprint density at radius 1 is 1.12 bits per heavy atom. The minimum absolute atomic E-state index is 0.0580. The van der Waals surface area contributed by atoms with E-state index in [4.69, 9.17) is 5.11 Å². The summed E-state index contributed by atoms with van der Waals surface area (Å²) >= 11 is 0. The van der Waals surface area contributed by atoms with Gasteiger partial charge in [-0.1, -0.05) is 12.1 Å². The van der Waals surface area contributed by atoms with Gasteiger partial charge in [0.2, 0.25) is 5.91 Å². The van der Waals surface area contributed by atoms with E-state index in [1.165, 1.54) is 24.0 Å². The summed E-state index contributed by atoms with van der Waals surface area (Å²) in [5.41, 5.74) is -0.260. The third-order valence-electron chi connectivity index (χ3n) is 3.52. The summed E-state index contributed by atoms with van der Waals surface area (Å²) in [5.74, 6) is -3.01. The maximum Gasteiger partial charge on any atom is 0.416 e. The summed E-state index contributed by atoms with van der Waals surface area (Å²) in [5, 5.41) is 8.99. The van der Waals surface area contributed by atoms with Crippen LogP contribution in [0.1, 0.15) is 18.1 Å². The molecule has 1 aromatic carbocycles. The Kier molecular flexibility index (Phi) is 6.77. The molecule has 8 heteroatoms. The van der Waals surface area contributed by atoms with Crippen LogP contribution in [0.15, 0.2) is 24.3 Å². The first kappa shape index (κ1) is 20.0. The van der Waals surface area contributed by atoms with Crippen molar-refractivity contribution in [1.29, 1.82) is 0 Å². The van der Waals surface area contributed by atoms with Crippen LogP contribution in [0.2, 0.25) is 0 Å². The minimum Gasteiger partial charge on any atom is -0.481 e. The van der Waals surface area contributed by atoms with Gasteiger partial charge in [0, 0.05) is 19.6 Å². The van der Waals surface area contributed by atoms with Crippen molar-refractivity contribution in [3.8, 4) is 0 Å². The molecule has 0 aliphatic carbocycles. The summed E-state index contributed by atoms with van der Waals surface area (Å²) in [6.07, 6.45) is -4.42. The highest BCUT2D eigenvalue weighted by molar-refractivity contribution is 5.96. The highest BCUT2D eigenvalue weighted by Gasteiger charge is 2.30. The molecule has 0 heterocycles. The normalized spacial score (nSPS) is 13.0. The summed E-state index contributed by atoms with van der Waals surface area (Å²) in [4.78, 5) is 26.5. The lowest BCUT2D eigenvalue weighted by Crippen LogP contribution is -2.41. The third-order valence-corrected chi connectivity index (χ3v) is 3.52. The van der Waals surface area contributed by atoms with E-state index >= 15 is 0 Å². The molecule has 0 saturated heterocycles. The van der Waals surface area contributed by atoms with E-state index < -0.39 is 29.5 Å². The van der Waals surface area contributed by atoms with Gasteiger partial charge >= 0.3 is 12.1 Å². The second-order valence-corrected chi connectivity index (χ2v) is 5.82. The van der Waals surface area contributed by atoms with Crippen molar-refractivity contribution in [2.24, 2.45) is 5.92 Å². The van der Waals surface area contributed by atoms with Gasteiger partial charge in [-0.05, 0) is 38.7 Å². The lowest BCUT2D eigenvalue weighted by Gasteiger charge is -2.26. The average molecular weight is 346 g/mol. The molecular formula is C16H21F3N2O3. The van der Waals surface area contributed by atoms with Crippen LogP contribution in [0.3, 0.4) is 0 Å². The number of carboxylic acid groups (broad SMARTS) is 1. The molecule has 1 rings (SSSR count). The first-order chi connectivity index (χ1) is 11.0. The van der Waals surface area contributed by atoms with Gasteiger partial charge in [0.15, 0.2) is 0 Å². The number of rotatable bonds is 7. The van der Waals surface area contributed by atoms with Crippen LogP contribution in [-0.4, -0.2) is 54.0 Å². The number of nitrogens with zero attached hydrogens (tertiary/aromatic N) is 2. The van der Waals surface area contributed by atoms with E-state index in [9.17, 15) is 22.8 Å². The van der Waals surface area contributed by atoms with Crippen LogP contribution in [0.5, 0.6) is 0 Å². The van der Waals surface area contributed by atoms with Gasteiger partial charge in [-0.25, -0.2) is 0 Å². The monoisotopic (exact) mass is 346 g/mol. The number of benzene rings is 1. The van der Waals surface area contributed by atoms with Gasteiger partial charge in [-0.15, -0.1) is 0 Å². The predicted octanol–water partition coefficient (Wildman–Crippen LogP) is 2.32. The number of likely N-dealkylation sites (N-methyl/N-ethyl adjacent to an activating group) is 1. The summed E-state index contributed by atoms with van der Waals surface area (Å²) in [7, 11) is 3.61. The van der Waals surface area contributed by atoms with Crippen molar-refractivity contribution in [2.45, 2.75) is 19.6 Å². The molecule has 5 nitrogen and oxygen atoms in total. The molecule has 1 aromatic rings. The van der Waals surface area contributed by atoms with Crippen LogP contribution in [-0.2, 0) is 22.3 Å². The number of amides is 1. The molecule has 1 unspecified atom stereocenters. The predicted molar refractivity (Wildman–Crippen MR) is 82.2 cm³/mol. The standard InChI is InChI=1S/C16H21F3N2O3/c1-11(15(23)24)14(22)21(9-8-20(2)3)10-12-4-6-13(7-5-12)16(17,18)19/h4-7,11H,8-10H2,1-3H3,(H,23,24). The molecule has 24 heavy (non-hydrogen) atoms. The second kappa shape index (κ2) is 8.14. The zero-order valence-electron chi connectivity index (χ0n) is 13.8. The lowest BCUT2D eigenvalue weighted by atomic mass is 10.1. The number of carbonyl (C=O) groups is 2. The quantitative estimate of drug-likeness (QED) is 0.770. The molecule has 1 amide bonds. The van der Waals surface area contributed by atoms with E-state index in [0.29, 0.717) is 12.1 Å². The maximum atomic E-state index is 12.6. The molecule has 0 aliphatic rings. The van der Waals surface area contributed by atoms with Crippen LogP contribution < -0.4 is 0 Å².